The minimum Gasteiger partial charge on any atom is -0.380 e. The van der Waals surface area contributed by atoms with Gasteiger partial charge in [-0.3, -0.25) is 4.90 Å². The average molecular weight is 242 g/mol. The number of nitrogens with two attached hydrogens (primary N) is 1. The van der Waals surface area contributed by atoms with E-state index in [4.69, 9.17) is 10.5 Å². The Morgan fingerprint density at radius 1 is 1.24 bits per heavy atom. The van der Waals surface area contributed by atoms with E-state index in [9.17, 15) is 0 Å². The van der Waals surface area contributed by atoms with Crippen LogP contribution in [0, 0.1) is 5.92 Å². The molecule has 1 saturated carbocycles. The van der Waals surface area contributed by atoms with Crippen molar-refractivity contribution in [1.29, 1.82) is 0 Å². The Balaban J connectivity index is 2.17. The van der Waals surface area contributed by atoms with Gasteiger partial charge in [0.15, 0.2) is 0 Å². The van der Waals surface area contributed by atoms with Crippen LogP contribution >= 0.6 is 0 Å². The minimum atomic E-state index is 0.265. The van der Waals surface area contributed by atoms with Gasteiger partial charge in [-0.25, -0.2) is 0 Å². The van der Waals surface area contributed by atoms with Crippen molar-refractivity contribution in [3.8, 4) is 0 Å². The summed E-state index contributed by atoms with van der Waals surface area (Å²) < 4.78 is 5.68. The Morgan fingerprint density at radius 2 is 1.88 bits per heavy atom. The molecular weight excluding hydrogens is 212 g/mol. The fraction of sp³-hybridized carbons (Fsp3) is 1.00. The molecule has 1 aliphatic carbocycles. The summed E-state index contributed by atoms with van der Waals surface area (Å²) >= 11 is 0. The molecular formula is C14H30N2O. The molecule has 0 aromatic heterocycles. The van der Waals surface area contributed by atoms with Crippen molar-refractivity contribution in [2.24, 2.45) is 11.7 Å². The molecule has 0 bridgehead atoms. The molecule has 0 radical (unpaired) electrons. The van der Waals surface area contributed by atoms with Crippen LogP contribution in [0.3, 0.4) is 0 Å². The maximum atomic E-state index is 5.96. The molecule has 0 aromatic rings. The van der Waals surface area contributed by atoms with E-state index < -0.39 is 0 Å². The molecule has 1 fully saturated rings. The highest BCUT2D eigenvalue weighted by Crippen LogP contribution is 2.33. The first-order valence-corrected chi connectivity index (χ1v) is 7.10. The van der Waals surface area contributed by atoms with Gasteiger partial charge in [-0.05, 0) is 32.2 Å². The lowest BCUT2D eigenvalue weighted by molar-refractivity contribution is 0.0615. The van der Waals surface area contributed by atoms with Gasteiger partial charge in [0, 0.05) is 25.2 Å². The van der Waals surface area contributed by atoms with Gasteiger partial charge >= 0.3 is 0 Å². The van der Waals surface area contributed by atoms with E-state index in [2.05, 4.69) is 25.8 Å². The van der Waals surface area contributed by atoms with E-state index in [0.29, 0.717) is 0 Å². The summed E-state index contributed by atoms with van der Waals surface area (Å²) in [5.41, 5.74) is 6.22. The van der Waals surface area contributed by atoms with Crippen LogP contribution in [0.15, 0.2) is 0 Å². The van der Waals surface area contributed by atoms with Gasteiger partial charge in [0.1, 0.15) is 0 Å². The van der Waals surface area contributed by atoms with Crippen molar-refractivity contribution >= 4 is 0 Å². The molecule has 1 aliphatic rings. The molecule has 3 heteroatoms. The van der Waals surface area contributed by atoms with Gasteiger partial charge < -0.3 is 10.5 Å². The van der Waals surface area contributed by atoms with E-state index >= 15 is 0 Å². The SMILES string of the molecule is CC(C)CCOCCN(C)C1(CN)CCCC1. The molecule has 0 spiro atoms. The van der Waals surface area contributed by atoms with Gasteiger partial charge in [-0.1, -0.05) is 26.7 Å². The van der Waals surface area contributed by atoms with Crippen molar-refractivity contribution in [3.63, 3.8) is 0 Å². The number of ether oxygens (including phenoxy) is 1. The van der Waals surface area contributed by atoms with Crippen molar-refractivity contribution in [2.45, 2.75) is 51.5 Å². The standard InChI is InChI=1S/C14H30N2O/c1-13(2)6-10-17-11-9-16(3)14(12-15)7-4-5-8-14/h13H,4-12,15H2,1-3H3. The molecule has 0 atom stereocenters. The number of nitrogens with zero attached hydrogens (tertiary/aromatic N) is 1. The fourth-order valence-corrected chi connectivity index (χ4v) is 2.63. The number of likely N-dealkylation sites (N-methyl/N-ethyl adjacent to an activating group) is 1. The smallest absolute Gasteiger partial charge is 0.0593 e. The molecule has 0 unspecified atom stereocenters. The van der Waals surface area contributed by atoms with E-state index in [1.165, 1.54) is 25.7 Å². The molecule has 0 saturated heterocycles. The molecule has 0 aliphatic heterocycles. The predicted molar refractivity (Wildman–Crippen MR) is 73.2 cm³/mol. The Labute approximate surface area is 107 Å². The van der Waals surface area contributed by atoms with Gasteiger partial charge in [0.2, 0.25) is 0 Å². The maximum Gasteiger partial charge on any atom is 0.0593 e. The second-order valence-electron chi connectivity index (χ2n) is 5.85. The van der Waals surface area contributed by atoms with E-state index in [1.54, 1.807) is 0 Å². The van der Waals surface area contributed by atoms with Crippen LogP contribution in [-0.2, 0) is 4.74 Å². The topological polar surface area (TPSA) is 38.5 Å². The third kappa shape index (κ3) is 4.57. The molecule has 0 amide bonds. The van der Waals surface area contributed by atoms with Crippen molar-refractivity contribution in [1.82, 2.24) is 4.90 Å². The zero-order valence-corrected chi connectivity index (χ0v) is 11.9. The van der Waals surface area contributed by atoms with Crippen LogP contribution in [0.25, 0.3) is 0 Å². The average Bonchev–Trinajstić information content (AvgIpc) is 2.77. The minimum absolute atomic E-state index is 0.265. The van der Waals surface area contributed by atoms with Gasteiger partial charge in [-0.15, -0.1) is 0 Å². The van der Waals surface area contributed by atoms with E-state index in [0.717, 1.165) is 38.6 Å². The van der Waals surface area contributed by atoms with Crippen LogP contribution in [0.2, 0.25) is 0 Å². The molecule has 2 N–H and O–H groups in total. The molecule has 1 rings (SSSR count). The van der Waals surface area contributed by atoms with E-state index in [-0.39, 0.29) is 5.54 Å². The first-order chi connectivity index (χ1) is 8.10. The Kier molecular flexibility index (Phi) is 6.45. The van der Waals surface area contributed by atoms with Crippen LogP contribution in [-0.4, -0.2) is 43.8 Å². The van der Waals surface area contributed by atoms with Crippen molar-refractivity contribution in [2.75, 3.05) is 33.4 Å². The zero-order chi connectivity index (χ0) is 12.7. The lowest BCUT2D eigenvalue weighted by atomic mass is 9.96. The summed E-state index contributed by atoms with van der Waals surface area (Å²) in [6.45, 7) is 7.99. The zero-order valence-electron chi connectivity index (χ0n) is 11.9. The summed E-state index contributed by atoms with van der Waals surface area (Å²) in [6.07, 6.45) is 6.33. The van der Waals surface area contributed by atoms with E-state index in [1.807, 2.05) is 0 Å². The van der Waals surface area contributed by atoms with Crippen LogP contribution < -0.4 is 5.73 Å². The Hall–Kier alpha value is -0.120. The summed E-state index contributed by atoms with van der Waals surface area (Å²) in [5, 5.41) is 0. The highest BCUT2D eigenvalue weighted by Gasteiger charge is 2.35. The van der Waals surface area contributed by atoms with Crippen molar-refractivity contribution in [3.05, 3.63) is 0 Å². The normalized spacial score (nSPS) is 19.4. The monoisotopic (exact) mass is 242 g/mol. The van der Waals surface area contributed by atoms with Crippen LogP contribution in [0.5, 0.6) is 0 Å². The summed E-state index contributed by atoms with van der Waals surface area (Å²) in [4.78, 5) is 2.43. The largest absolute Gasteiger partial charge is 0.380 e. The molecule has 17 heavy (non-hydrogen) atoms. The summed E-state index contributed by atoms with van der Waals surface area (Å²) in [7, 11) is 2.20. The maximum absolute atomic E-state index is 5.96. The summed E-state index contributed by atoms with van der Waals surface area (Å²) in [6, 6.07) is 0. The van der Waals surface area contributed by atoms with Crippen LogP contribution in [0.1, 0.15) is 46.0 Å². The number of rotatable bonds is 8. The first-order valence-electron chi connectivity index (χ1n) is 7.10. The third-order valence-electron chi connectivity index (χ3n) is 4.13. The summed E-state index contributed by atoms with van der Waals surface area (Å²) in [5.74, 6) is 0.734. The van der Waals surface area contributed by atoms with Crippen molar-refractivity contribution < 1.29 is 4.74 Å². The number of hydrogen-bond acceptors (Lipinski definition) is 3. The fourth-order valence-electron chi connectivity index (χ4n) is 2.63. The lowest BCUT2D eigenvalue weighted by Crippen LogP contribution is -2.51. The van der Waals surface area contributed by atoms with Crippen LogP contribution in [0.4, 0.5) is 0 Å². The van der Waals surface area contributed by atoms with Gasteiger partial charge in [0.25, 0.3) is 0 Å². The quantitative estimate of drug-likeness (QED) is 0.664. The second-order valence-corrected chi connectivity index (χ2v) is 5.85. The van der Waals surface area contributed by atoms with Gasteiger partial charge in [0.05, 0.1) is 6.61 Å². The highest BCUT2D eigenvalue weighted by atomic mass is 16.5. The molecule has 102 valence electrons. The molecule has 3 nitrogen and oxygen atoms in total. The Morgan fingerprint density at radius 3 is 2.41 bits per heavy atom. The first kappa shape index (κ1) is 14.9. The third-order valence-corrected chi connectivity index (χ3v) is 4.13. The molecule has 0 aromatic carbocycles. The number of hydrogen-bond donors (Lipinski definition) is 1. The van der Waals surface area contributed by atoms with Gasteiger partial charge in [-0.2, -0.15) is 0 Å². The predicted octanol–water partition coefficient (Wildman–Crippen LogP) is 2.25. The lowest BCUT2D eigenvalue weighted by Gasteiger charge is -2.37. The second kappa shape index (κ2) is 7.34. The molecule has 0 heterocycles. The Bertz CT molecular complexity index is 200. The highest BCUT2D eigenvalue weighted by molar-refractivity contribution is 4.94.